The molecule has 0 aliphatic carbocycles. The second kappa shape index (κ2) is 30.8. The van der Waals surface area contributed by atoms with Gasteiger partial charge in [0.1, 0.15) is 6.17 Å². The standard InChI is InChI=1S/C39H78N2/c1-4-7-10-13-16-19-20-21-22-24-27-30-33-36-41-38-37-40(35-32-29-26-18-15-12-9-6-3)39(41)34-31-28-25-23-17-14-11-8-5-2/h37-39H,4-36H2,1-3H3. The van der Waals surface area contributed by atoms with Crippen molar-refractivity contribution in [2.24, 2.45) is 0 Å². The van der Waals surface area contributed by atoms with E-state index >= 15 is 0 Å². The van der Waals surface area contributed by atoms with Crippen LogP contribution >= 0.6 is 0 Å². The van der Waals surface area contributed by atoms with E-state index in [2.05, 4.69) is 43.0 Å². The molecule has 41 heavy (non-hydrogen) atoms. The van der Waals surface area contributed by atoms with Gasteiger partial charge >= 0.3 is 0 Å². The van der Waals surface area contributed by atoms with E-state index in [1.165, 1.54) is 212 Å². The monoisotopic (exact) mass is 575 g/mol. The molecule has 1 unspecified atom stereocenters. The first-order valence-electron chi connectivity index (χ1n) is 19.5. The molecule has 2 nitrogen and oxygen atoms in total. The maximum absolute atomic E-state index is 2.72. The van der Waals surface area contributed by atoms with E-state index < -0.39 is 0 Å². The van der Waals surface area contributed by atoms with Gasteiger partial charge in [-0.2, -0.15) is 0 Å². The van der Waals surface area contributed by atoms with Crippen LogP contribution in [-0.2, 0) is 0 Å². The lowest BCUT2D eigenvalue weighted by atomic mass is 10.0. The van der Waals surface area contributed by atoms with E-state index in [1.807, 2.05) is 0 Å². The second-order valence-electron chi connectivity index (χ2n) is 13.6. The molecule has 0 N–H and O–H groups in total. The minimum atomic E-state index is 0.640. The first-order valence-corrected chi connectivity index (χ1v) is 19.5. The number of hydrogen-bond acceptors (Lipinski definition) is 2. The average Bonchev–Trinajstić information content (AvgIpc) is 3.37. The summed E-state index contributed by atoms with van der Waals surface area (Å²) in [7, 11) is 0. The molecule has 0 fully saturated rings. The van der Waals surface area contributed by atoms with Gasteiger partial charge in [-0.05, 0) is 25.7 Å². The van der Waals surface area contributed by atoms with Crippen LogP contribution in [0.4, 0.5) is 0 Å². The van der Waals surface area contributed by atoms with E-state index in [9.17, 15) is 0 Å². The number of unbranched alkanes of at least 4 members (excludes halogenated alkanes) is 27. The van der Waals surface area contributed by atoms with Crippen LogP contribution in [0.5, 0.6) is 0 Å². The molecule has 1 aliphatic rings. The van der Waals surface area contributed by atoms with Crippen LogP contribution < -0.4 is 0 Å². The maximum atomic E-state index is 2.72. The van der Waals surface area contributed by atoms with Gasteiger partial charge in [-0.15, -0.1) is 0 Å². The highest BCUT2D eigenvalue weighted by Crippen LogP contribution is 2.24. The van der Waals surface area contributed by atoms with Gasteiger partial charge in [0.15, 0.2) is 0 Å². The second-order valence-corrected chi connectivity index (χ2v) is 13.6. The minimum Gasteiger partial charge on any atom is -0.356 e. The van der Waals surface area contributed by atoms with Gasteiger partial charge in [-0.1, -0.05) is 194 Å². The van der Waals surface area contributed by atoms with Gasteiger partial charge in [0.05, 0.1) is 0 Å². The van der Waals surface area contributed by atoms with Gasteiger partial charge in [0.2, 0.25) is 0 Å². The first kappa shape index (κ1) is 38.4. The van der Waals surface area contributed by atoms with Crippen LogP contribution in [0.3, 0.4) is 0 Å². The van der Waals surface area contributed by atoms with Gasteiger partial charge in [0, 0.05) is 25.5 Å². The van der Waals surface area contributed by atoms with Crippen LogP contribution in [0.15, 0.2) is 12.4 Å². The molecule has 0 bridgehead atoms. The Morgan fingerprint density at radius 2 is 0.561 bits per heavy atom. The van der Waals surface area contributed by atoms with Crippen molar-refractivity contribution in [1.29, 1.82) is 0 Å². The zero-order valence-corrected chi connectivity index (χ0v) is 29.0. The molecule has 1 rings (SSSR count). The molecule has 1 heterocycles. The van der Waals surface area contributed by atoms with E-state index in [-0.39, 0.29) is 0 Å². The van der Waals surface area contributed by atoms with Crippen LogP contribution in [-0.4, -0.2) is 29.1 Å². The van der Waals surface area contributed by atoms with E-state index in [0.717, 1.165) is 0 Å². The third kappa shape index (κ3) is 23.5. The summed E-state index contributed by atoms with van der Waals surface area (Å²) < 4.78 is 0. The number of hydrogen-bond donors (Lipinski definition) is 0. The molecular weight excluding hydrogens is 496 g/mol. The van der Waals surface area contributed by atoms with Crippen molar-refractivity contribution >= 4 is 0 Å². The Morgan fingerprint density at radius 1 is 0.317 bits per heavy atom. The summed E-state index contributed by atoms with van der Waals surface area (Å²) in [5, 5.41) is 0. The quantitative estimate of drug-likeness (QED) is 0.0719. The zero-order valence-electron chi connectivity index (χ0n) is 29.0. The van der Waals surface area contributed by atoms with Crippen molar-refractivity contribution in [3.8, 4) is 0 Å². The molecule has 244 valence electrons. The fourth-order valence-electron chi connectivity index (χ4n) is 6.72. The lowest BCUT2D eigenvalue weighted by Crippen LogP contribution is -2.39. The number of nitrogens with zero attached hydrogens (tertiary/aromatic N) is 2. The fourth-order valence-corrected chi connectivity index (χ4v) is 6.72. The largest absolute Gasteiger partial charge is 0.356 e. The highest BCUT2D eigenvalue weighted by atomic mass is 15.4. The highest BCUT2D eigenvalue weighted by molar-refractivity contribution is 4.97. The summed E-state index contributed by atoms with van der Waals surface area (Å²) in [5.74, 6) is 0. The lowest BCUT2D eigenvalue weighted by Gasteiger charge is -2.33. The predicted octanol–water partition coefficient (Wildman–Crippen LogP) is 13.6. The summed E-state index contributed by atoms with van der Waals surface area (Å²) in [6.45, 7) is 9.48. The van der Waals surface area contributed by atoms with Crippen molar-refractivity contribution in [2.75, 3.05) is 13.1 Å². The molecule has 0 aromatic carbocycles. The van der Waals surface area contributed by atoms with Crippen molar-refractivity contribution in [2.45, 2.75) is 226 Å². The molecule has 0 radical (unpaired) electrons. The molecular formula is C39H78N2. The molecule has 2 heteroatoms. The van der Waals surface area contributed by atoms with E-state index in [1.54, 1.807) is 0 Å². The van der Waals surface area contributed by atoms with Crippen molar-refractivity contribution in [1.82, 2.24) is 9.80 Å². The Hall–Kier alpha value is -0.660. The SMILES string of the molecule is CCCCCCCCCCCCCCCN1C=CN(CCCCCCCCCC)C1CCCCCCCCCCC. The molecule has 0 amide bonds. The van der Waals surface area contributed by atoms with E-state index in [4.69, 9.17) is 0 Å². The van der Waals surface area contributed by atoms with Crippen LogP contribution in [0.2, 0.25) is 0 Å². The molecule has 0 spiro atoms. The summed E-state index contributed by atoms with van der Waals surface area (Å²) in [5.41, 5.74) is 0. The zero-order chi connectivity index (χ0) is 29.5. The van der Waals surface area contributed by atoms with Crippen LogP contribution in [0, 0.1) is 0 Å². The number of rotatable bonds is 33. The molecule has 1 aliphatic heterocycles. The van der Waals surface area contributed by atoms with Crippen molar-refractivity contribution in [3.63, 3.8) is 0 Å². The Labute approximate surface area is 260 Å². The van der Waals surface area contributed by atoms with Crippen molar-refractivity contribution in [3.05, 3.63) is 12.4 Å². The summed E-state index contributed by atoms with van der Waals surface area (Å²) in [6, 6.07) is 0. The smallest absolute Gasteiger partial charge is 0.101 e. The Kier molecular flexibility index (Phi) is 28.8. The molecule has 0 saturated carbocycles. The topological polar surface area (TPSA) is 6.48 Å². The summed E-state index contributed by atoms with van der Waals surface area (Å²) >= 11 is 0. The first-order chi connectivity index (χ1) is 20.3. The Morgan fingerprint density at radius 3 is 0.854 bits per heavy atom. The van der Waals surface area contributed by atoms with Gasteiger partial charge in [0.25, 0.3) is 0 Å². The van der Waals surface area contributed by atoms with Gasteiger partial charge in [-0.25, -0.2) is 0 Å². The molecule has 1 atom stereocenters. The summed E-state index contributed by atoms with van der Waals surface area (Å²) in [6.07, 6.45) is 49.9. The Balaban J connectivity index is 2.21. The van der Waals surface area contributed by atoms with Crippen LogP contribution in [0.1, 0.15) is 220 Å². The third-order valence-electron chi connectivity index (χ3n) is 9.57. The summed E-state index contributed by atoms with van der Waals surface area (Å²) in [4.78, 5) is 5.43. The maximum Gasteiger partial charge on any atom is 0.101 e. The fraction of sp³-hybridized carbons (Fsp3) is 0.949. The van der Waals surface area contributed by atoms with E-state index in [0.29, 0.717) is 6.17 Å². The lowest BCUT2D eigenvalue weighted by molar-refractivity contribution is 0.135. The normalized spacial score (nSPS) is 15.0. The minimum absolute atomic E-state index is 0.640. The predicted molar refractivity (Wildman–Crippen MR) is 186 cm³/mol. The van der Waals surface area contributed by atoms with Gasteiger partial charge < -0.3 is 9.80 Å². The van der Waals surface area contributed by atoms with Crippen molar-refractivity contribution < 1.29 is 0 Å². The molecule has 0 aromatic rings. The third-order valence-corrected chi connectivity index (χ3v) is 9.57. The molecule has 0 saturated heterocycles. The van der Waals surface area contributed by atoms with Gasteiger partial charge in [-0.3, -0.25) is 0 Å². The Bertz CT molecular complexity index is 530. The van der Waals surface area contributed by atoms with Crippen LogP contribution in [0.25, 0.3) is 0 Å². The molecule has 0 aromatic heterocycles. The average molecular weight is 575 g/mol. The highest BCUT2D eigenvalue weighted by Gasteiger charge is 2.24.